The lowest BCUT2D eigenvalue weighted by Crippen LogP contribution is -2.52. The second kappa shape index (κ2) is 12.1. The van der Waals surface area contributed by atoms with Gasteiger partial charge >= 0.3 is 5.97 Å². The highest BCUT2D eigenvalue weighted by atomic mass is 16.5. The van der Waals surface area contributed by atoms with Crippen LogP contribution < -0.4 is 9.47 Å². The topological polar surface area (TPSA) is 94.6 Å². The van der Waals surface area contributed by atoms with Gasteiger partial charge in [-0.2, -0.15) is 0 Å². The molecule has 3 atom stereocenters. The summed E-state index contributed by atoms with van der Waals surface area (Å²) in [5.74, 6) is 0.111. The van der Waals surface area contributed by atoms with Crippen molar-refractivity contribution < 1.29 is 33.3 Å². The lowest BCUT2D eigenvalue weighted by atomic mass is 9.83. The molecule has 0 spiro atoms. The smallest absolute Gasteiger partial charge is 0.310 e. The largest absolute Gasteiger partial charge is 0.493 e. The summed E-state index contributed by atoms with van der Waals surface area (Å²) in [5, 5.41) is 0. The SMILES string of the molecule is CCOC(=O)[C@@H]1CCCN(C(=O)[C@@H]2C[C@H](c3ccc(OC)c(OC)c3)CN(C(=O)COC)C2)C1. The molecule has 0 bridgehead atoms. The minimum absolute atomic E-state index is 0.0191. The van der Waals surface area contributed by atoms with Crippen LogP contribution in [-0.4, -0.2) is 88.3 Å². The predicted octanol–water partition coefficient (Wildman–Crippen LogP) is 2.08. The Labute approximate surface area is 201 Å². The van der Waals surface area contributed by atoms with E-state index in [1.807, 2.05) is 18.2 Å². The number of benzene rings is 1. The molecule has 0 saturated carbocycles. The highest BCUT2D eigenvalue weighted by molar-refractivity contribution is 5.83. The van der Waals surface area contributed by atoms with E-state index in [4.69, 9.17) is 18.9 Å². The van der Waals surface area contributed by atoms with Crippen LogP contribution in [0.25, 0.3) is 0 Å². The van der Waals surface area contributed by atoms with E-state index in [1.54, 1.807) is 30.9 Å². The van der Waals surface area contributed by atoms with Crippen LogP contribution >= 0.6 is 0 Å². The molecule has 0 radical (unpaired) electrons. The second-order valence-electron chi connectivity index (χ2n) is 8.85. The Balaban J connectivity index is 1.81. The number of ether oxygens (including phenoxy) is 4. The summed E-state index contributed by atoms with van der Waals surface area (Å²) >= 11 is 0. The standard InChI is InChI=1S/C25H36N2O7/c1-5-34-25(30)18-7-6-10-26(13-18)24(29)20-11-19(14-27(15-20)23(28)16-31-2)17-8-9-21(32-3)22(12-17)33-4/h8-9,12,18-20H,5-7,10-11,13-16H2,1-4H3/t18-,19+,20-/m1/s1. The number of hydrogen-bond donors (Lipinski definition) is 0. The van der Waals surface area contributed by atoms with Crippen LogP contribution in [0.5, 0.6) is 11.5 Å². The zero-order valence-corrected chi connectivity index (χ0v) is 20.6. The molecule has 0 aliphatic carbocycles. The van der Waals surface area contributed by atoms with E-state index >= 15 is 0 Å². The molecular formula is C25H36N2O7. The summed E-state index contributed by atoms with van der Waals surface area (Å²) in [7, 11) is 4.65. The van der Waals surface area contributed by atoms with Gasteiger partial charge in [-0.3, -0.25) is 14.4 Å². The number of piperidine rings is 2. The molecule has 1 aromatic rings. The van der Waals surface area contributed by atoms with E-state index in [9.17, 15) is 14.4 Å². The molecule has 1 aromatic carbocycles. The molecule has 9 heteroatoms. The Morgan fingerprint density at radius 1 is 0.971 bits per heavy atom. The molecule has 0 N–H and O–H groups in total. The maximum Gasteiger partial charge on any atom is 0.310 e. The quantitative estimate of drug-likeness (QED) is 0.530. The van der Waals surface area contributed by atoms with Crippen LogP contribution in [-0.2, 0) is 23.9 Å². The Morgan fingerprint density at radius 3 is 2.38 bits per heavy atom. The van der Waals surface area contributed by atoms with Crippen molar-refractivity contribution in [1.29, 1.82) is 0 Å². The fraction of sp³-hybridized carbons (Fsp3) is 0.640. The molecule has 2 aliphatic rings. The number of carbonyl (C=O) groups is 3. The van der Waals surface area contributed by atoms with Gasteiger partial charge in [-0.25, -0.2) is 0 Å². The first-order valence-corrected chi connectivity index (χ1v) is 11.9. The maximum absolute atomic E-state index is 13.6. The number of likely N-dealkylation sites (tertiary alicyclic amines) is 2. The van der Waals surface area contributed by atoms with Gasteiger partial charge in [0.15, 0.2) is 11.5 Å². The molecule has 34 heavy (non-hydrogen) atoms. The number of rotatable bonds is 8. The van der Waals surface area contributed by atoms with Gasteiger partial charge in [0, 0.05) is 39.2 Å². The molecule has 2 fully saturated rings. The van der Waals surface area contributed by atoms with Crippen LogP contribution in [0.3, 0.4) is 0 Å². The summed E-state index contributed by atoms with van der Waals surface area (Å²) < 4.78 is 21.1. The second-order valence-corrected chi connectivity index (χ2v) is 8.85. The predicted molar refractivity (Wildman–Crippen MR) is 125 cm³/mol. The summed E-state index contributed by atoms with van der Waals surface area (Å²) in [4.78, 5) is 42.0. The van der Waals surface area contributed by atoms with Gasteiger partial charge in [0.25, 0.3) is 0 Å². The molecule has 0 unspecified atom stereocenters. The molecule has 3 rings (SSSR count). The van der Waals surface area contributed by atoms with Crippen LogP contribution in [0, 0.1) is 11.8 Å². The van der Waals surface area contributed by atoms with Gasteiger partial charge in [0.05, 0.1) is 32.7 Å². The van der Waals surface area contributed by atoms with Crippen LogP contribution in [0.15, 0.2) is 18.2 Å². The Kier molecular flexibility index (Phi) is 9.15. The number of hydrogen-bond acceptors (Lipinski definition) is 7. The van der Waals surface area contributed by atoms with Gasteiger partial charge in [-0.05, 0) is 43.9 Å². The van der Waals surface area contributed by atoms with E-state index in [0.29, 0.717) is 50.7 Å². The van der Waals surface area contributed by atoms with Crippen molar-refractivity contribution in [1.82, 2.24) is 9.80 Å². The average Bonchev–Trinajstić information content (AvgIpc) is 2.87. The van der Waals surface area contributed by atoms with E-state index in [0.717, 1.165) is 18.4 Å². The van der Waals surface area contributed by atoms with Gasteiger partial charge in [-0.1, -0.05) is 6.07 Å². The summed E-state index contributed by atoms with van der Waals surface area (Å²) in [6, 6.07) is 5.71. The Hall–Kier alpha value is -2.81. The monoisotopic (exact) mass is 476 g/mol. The van der Waals surface area contributed by atoms with Crippen molar-refractivity contribution in [3.05, 3.63) is 23.8 Å². The van der Waals surface area contributed by atoms with E-state index in [2.05, 4.69) is 0 Å². The Bertz CT molecular complexity index is 875. The van der Waals surface area contributed by atoms with Gasteiger partial charge < -0.3 is 28.7 Å². The molecule has 9 nitrogen and oxygen atoms in total. The maximum atomic E-state index is 13.6. The molecule has 2 amide bonds. The molecule has 2 saturated heterocycles. The normalized spacial score (nSPS) is 22.8. The third kappa shape index (κ3) is 6.00. The number of esters is 1. The van der Waals surface area contributed by atoms with Crippen LogP contribution in [0.1, 0.15) is 37.7 Å². The highest BCUT2D eigenvalue weighted by Crippen LogP contribution is 2.36. The third-order valence-corrected chi connectivity index (χ3v) is 6.65. The first-order valence-electron chi connectivity index (χ1n) is 11.9. The summed E-state index contributed by atoms with van der Waals surface area (Å²) in [5.41, 5.74) is 0.980. The third-order valence-electron chi connectivity index (χ3n) is 6.65. The van der Waals surface area contributed by atoms with Crippen molar-refractivity contribution in [3.63, 3.8) is 0 Å². The van der Waals surface area contributed by atoms with Crippen molar-refractivity contribution in [2.75, 3.05) is 60.7 Å². The van der Waals surface area contributed by atoms with Crippen molar-refractivity contribution in [2.24, 2.45) is 11.8 Å². The van der Waals surface area contributed by atoms with E-state index in [1.165, 1.54) is 7.11 Å². The van der Waals surface area contributed by atoms with Gasteiger partial charge in [0.2, 0.25) is 11.8 Å². The summed E-state index contributed by atoms with van der Waals surface area (Å²) in [6.45, 7) is 3.88. The van der Waals surface area contributed by atoms with Crippen LogP contribution in [0.2, 0.25) is 0 Å². The fourth-order valence-corrected chi connectivity index (χ4v) is 4.93. The van der Waals surface area contributed by atoms with Crippen molar-refractivity contribution in [2.45, 2.75) is 32.1 Å². The van der Waals surface area contributed by atoms with Crippen molar-refractivity contribution >= 4 is 17.8 Å². The highest BCUT2D eigenvalue weighted by Gasteiger charge is 2.38. The van der Waals surface area contributed by atoms with Gasteiger partial charge in [0.1, 0.15) is 6.61 Å². The first-order chi connectivity index (χ1) is 16.4. The van der Waals surface area contributed by atoms with Crippen LogP contribution in [0.4, 0.5) is 0 Å². The molecular weight excluding hydrogens is 440 g/mol. The number of amides is 2. The first kappa shape index (κ1) is 25.8. The summed E-state index contributed by atoms with van der Waals surface area (Å²) in [6.07, 6.45) is 2.08. The van der Waals surface area contributed by atoms with Crippen molar-refractivity contribution in [3.8, 4) is 11.5 Å². The van der Waals surface area contributed by atoms with Gasteiger partial charge in [-0.15, -0.1) is 0 Å². The number of methoxy groups -OCH3 is 3. The molecule has 2 aliphatic heterocycles. The minimum Gasteiger partial charge on any atom is -0.493 e. The average molecular weight is 477 g/mol. The molecule has 2 heterocycles. The van der Waals surface area contributed by atoms with E-state index in [-0.39, 0.29) is 42.1 Å². The minimum atomic E-state index is -0.367. The molecule has 188 valence electrons. The fourth-order valence-electron chi connectivity index (χ4n) is 4.93. The molecule has 0 aromatic heterocycles. The lowest BCUT2D eigenvalue weighted by Gasteiger charge is -2.40. The van der Waals surface area contributed by atoms with E-state index < -0.39 is 0 Å². The Morgan fingerprint density at radius 2 is 1.71 bits per heavy atom. The lowest BCUT2D eigenvalue weighted by molar-refractivity contribution is -0.152. The zero-order valence-electron chi connectivity index (χ0n) is 20.6. The number of carbonyl (C=O) groups excluding carboxylic acids is 3. The zero-order chi connectivity index (χ0) is 24.7. The number of nitrogens with zero attached hydrogens (tertiary/aromatic N) is 2.